The molecule has 1 N–H and O–H groups in total. The third kappa shape index (κ3) is 4.82. The number of fused-ring (bicyclic) bond motifs is 5. The lowest BCUT2D eigenvalue weighted by molar-refractivity contribution is -0.0285. The summed E-state index contributed by atoms with van der Waals surface area (Å²) in [6.07, 6.45) is 10.7. The van der Waals surface area contributed by atoms with Gasteiger partial charge in [-0.05, 0) is 45.1 Å². The Morgan fingerprint density at radius 2 is 1.89 bits per heavy atom. The Morgan fingerprint density at radius 3 is 2.68 bits per heavy atom. The second-order valence-corrected chi connectivity index (χ2v) is 9.92. The topological polar surface area (TPSA) is 93.7 Å². The molecule has 4 aliphatic rings. The molecule has 28 heavy (non-hydrogen) atoms. The van der Waals surface area contributed by atoms with Crippen molar-refractivity contribution in [1.29, 1.82) is 0 Å². The highest BCUT2D eigenvalue weighted by molar-refractivity contribution is 7.88. The largest absolute Gasteiger partial charge is 0.475 e. The maximum absolute atomic E-state index is 11.9. The lowest BCUT2D eigenvalue weighted by Crippen LogP contribution is -2.58. The van der Waals surface area contributed by atoms with Gasteiger partial charge in [0.05, 0.1) is 19.0 Å². The van der Waals surface area contributed by atoms with Gasteiger partial charge >= 0.3 is 0 Å². The molecule has 1 aromatic heterocycles. The Morgan fingerprint density at radius 1 is 1.11 bits per heavy atom. The summed E-state index contributed by atoms with van der Waals surface area (Å²) >= 11 is 0. The lowest BCUT2D eigenvalue weighted by atomic mass is 9.85. The number of sulfonamides is 1. The Balaban J connectivity index is 1.55. The molecule has 156 valence electrons. The predicted molar refractivity (Wildman–Crippen MR) is 105 cm³/mol. The summed E-state index contributed by atoms with van der Waals surface area (Å²) in [6, 6.07) is -0.107. The zero-order chi connectivity index (χ0) is 19.6. The first-order valence-corrected chi connectivity index (χ1v) is 12.2. The van der Waals surface area contributed by atoms with E-state index in [1.54, 1.807) is 12.4 Å². The average molecular weight is 411 g/mol. The molecule has 4 heterocycles. The van der Waals surface area contributed by atoms with Gasteiger partial charge in [-0.15, -0.1) is 0 Å². The van der Waals surface area contributed by atoms with Crippen LogP contribution in [-0.4, -0.2) is 74.0 Å². The van der Waals surface area contributed by atoms with Gasteiger partial charge in [0.1, 0.15) is 12.3 Å². The van der Waals surface area contributed by atoms with Crippen LogP contribution in [0.25, 0.3) is 0 Å². The number of hydrogen-bond donors (Lipinski definition) is 1. The Kier molecular flexibility index (Phi) is 6.15. The van der Waals surface area contributed by atoms with Gasteiger partial charge in [-0.25, -0.2) is 18.1 Å². The summed E-state index contributed by atoms with van der Waals surface area (Å²) in [5.41, 5.74) is 0.965. The van der Waals surface area contributed by atoms with Crippen molar-refractivity contribution in [2.75, 3.05) is 32.6 Å². The number of nitrogens with one attached hydrogen (secondary N) is 1. The van der Waals surface area contributed by atoms with E-state index >= 15 is 0 Å². The Bertz CT molecular complexity index is 767. The second-order valence-electron chi connectivity index (χ2n) is 8.14. The lowest BCUT2D eigenvalue weighted by Gasteiger charge is -2.41. The molecule has 0 amide bonds. The van der Waals surface area contributed by atoms with Crippen LogP contribution in [0.1, 0.15) is 50.1 Å². The van der Waals surface area contributed by atoms with E-state index in [0.717, 1.165) is 50.8 Å². The van der Waals surface area contributed by atoms with E-state index in [1.165, 1.54) is 6.26 Å². The first kappa shape index (κ1) is 20.0. The molecule has 1 aromatic rings. The van der Waals surface area contributed by atoms with E-state index in [4.69, 9.17) is 9.47 Å². The van der Waals surface area contributed by atoms with Crippen LogP contribution >= 0.6 is 0 Å². The molecular weight excluding hydrogens is 380 g/mol. The minimum absolute atomic E-state index is 0.0203. The van der Waals surface area contributed by atoms with Crippen molar-refractivity contribution in [3.05, 3.63) is 18.1 Å². The molecule has 0 aromatic carbocycles. The van der Waals surface area contributed by atoms with E-state index in [1.807, 2.05) is 0 Å². The molecule has 0 radical (unpaired) electrons. The van der Waals surface area contributed by atoms with E-state index in [2.05, 4.69) is 19.6 Å². The first-order chi connectivity index (χ1) is 13.5. The number of ether oxygens (including phenoxy) is 2. The van der Waals surface area contributed by atoms with Gasteiger partial charge in [0, 0.05) is 36.9 Å². The van der Waals surface area contributed by atoms with Crippen molar-refractivity contribution in [2.24, 2.45) is 0 Å². The number of hydrogen-bond acceptors (Lipinski definition) is 7. The maximum atomic E-state index is 11.9. The van der Waals surface area contributed by atoms with Crippen LogP contribution < -0.4 is 9.46 Å². The van der Waals surface area contributed by atoms with Crippen molar-refractivity contribution in [2.45, 2.75) is 62.6 Å². The molecule has 0 unspecified atom stereocenters. The van der Waals surface area contributed by atoms with E-state index in [9.17, 15) is 8.42 Å². The van der Waals surface area contributed by atoms with E-state index in [0.29, 0.717) is 31.6 Å². The molecule has 0 spiro atoms. The highest BCUT2D eigenvalue weighted by atomic mass is 32.2. The fourth-order valence-electron chi connectivity index (χ4n) is 4.76. The highest BCUT2D eigenvalue weighted by Gasteiger charge is 2.35. The number of rotatable bonds is 2. The van der Waals surface area contributed by atoms with Gasteiger partial charge in [0.2, 0.25) is 15.9 Å². The summed E-state index contributed by atoms with van der Waals surface area (Å²) in [6.45, 7) is 2.68. The second kappa shape index (κ2) is 8.61. The molecule has 1 saturated carbocycles. The maximum Gasteiger partial charge on any atom is 0.235 e. The van der Waals surface area contributed by atoms with E-state index in [-0.39, 0.29) is 18.2 Å². The zero-order valence-electron chi connectivity index (χ0n) is 16.4. The summed E-state index contributed by atoms with van der Waals surface area (Å²) in [7, 11) is -3.26. The van der Waals surface area contributed by atoms with Gasteiger partial charge in [-0.2, -0.15) is 0 Å². The smallest absolute Gasteiger partial charge is 0.235 e. The van der Waals surface area contributed by atoms with Crippen molar-refractivity contribution >= 4 is 10.0 Å². The van der Waals surface area contributed by atoms with Crippen LogP contribution in [0, 0.1) is 0 Å². The summed E-state index contributed by atoms with van der Waals surface area (Å²) < 4.78 is 38.9. The summed E-state index contributed by atoms with van der Waals surface area (Å²) in [5, 5.41) is 0. The average Bonchev–Trinajstić information content (AvgIpc) is 2.69. The van der Waals surface area contributed by atoms with Crippen LogP contribution in [0.2, 0.25) is 0 Å². The normalized spacial score (nSPS) is 32.2. The molecule has 8 nitrogen and oxygen atoms in total. The van der Waals surface area contributed by atoms with Crippen LogP contribution in [-0.2, 0) is 14.8 Å². The van der Waals surface area contributed by atoms with Crippen LogP contribution in [0.5, 0.6) is 5.88 Å². The Labute approximate surface area is 167 Å². The van der Waals surface area contributed by atoms with Crippen LogP contribution in [0.4, 0.5) is 0 Å². The fraction of sp³-hybridized carbons (Fsp3) is 0.789. The molecule has 2 bridgehead atoms. The predicted octanol–water partition coefficient (Wildman–Crippen LogP) is 1.29. The van der Waals surface area contributed by atoms with Crippen molar-refractivity contribution in [1.82, 2.24) is 19.6 Å². The van der Waals surface area contributed by atoms with Gasteiger partial charge in [0.25, 0.3) is 0 Å². The number of nitrogens with zero attached hydrogens (tertiary/aromatic N) is 3. The quantitative estimate of drug-likeness (QED) is 0.785. The van der Waals surface area contributed by atoms with Crippen LogP contribution in [0.15, 0.2) is 12.4 Å². The zero-order valence-corrected chi connectivity index (χ0v) is 17.2. The summed E-state index contributed by atoms with van der Waals surface area (Å²) in [4.78, 5) is 11.3. The molecule has 2 atom stereocenters. The fourth-order valence-corrected chi connectivity index (χ4v) is 5.59. The van der Waals surface area contributed by atoms with Gasteiger partial charge < -0.3 is 9.47 Å². The molecule has 9 heteroatoms. The van der Waals surface area contributed by atoms with Gasteiger partial charge in [-0.3, -0.25) is 9.88 Å². The third-order valence-corrected chi connectivity index (χ3v) is 6.86. The Hall–Kier alpha value is -1.29. The van der Waals surface area contributed by atoms with Gasteiger partial charge in [0.15, 0.2) is 0 Å². The number of aromatic nitrogens is 2. The molecule has 1 aliphatic carbocycles. The molecule has 1 saturated heterocycles. The van der Waals surface area contributed by atoms with E-state index < -0.39 is 10.0 Å². The highest BCUT2D eigenvalue weighted by Crippen LogP contribution is 2.36. The van der Waals surface area contributed by atoms with Crippen molar-refractivity contribution < 1.29 is 17.9 Å². The molecular formula is C19H30N4O4S. The molecule has 3 aliphatic heterocycles. The minimum atomic E-state index is -3.26. The van der Waals surface area contributed by atoms with Crippen LogP contribution in [0.3, 0.4) is 0 Å². The van der Waals surface area contributed by atoms with Crippen molar-refractivity contribution in [3.8, 4) is 5.88 Å². The van der Waals surface area contributed by atoms with Gasteiger partial charge in [-0.1, -0.05) is 0 Å². The molecule has 5 rings (SSSR count). The van der Waals surface area contributed by atoms with Crippen molar-refractivity contribution in [3.63, 3.8) is 0 Å². The standard InChI is InChI=1S/C19H30N4O4S/c1-28(24,25)22-16-3-2-10-23-11-12-26-19-18(20-8-9-21-19)14-4-6-15(7-5-14)27-13-17(16)23/h8-9,14-17,22H,2-7,10-13H2,1H3/t14?,15?,16-,17-/m0/s1. The number of piperidine rings is 1. The summed E-state index contributed by atoms with van der Waals surface area (Å²) in [5.74, 6) is 1.01. The molecule has 2 fully saturated rings. The minimum Gasteiger partial charge on any atom is -0.475 e. The SMILES string of the molecule is CS(=O)(=O)N[C@H]1CCCN2CCOc3nccnc3C3CCC(CC3)OC[C@@H]12. The first-order valence-electron chi connectivity index (χ1n) is 10.3. The third-order valence-electron chi connectivity index (χ3n) is 6.13. The monoisotopic (exact) mass is 410 g/mol.